The monoisotopic (exact) mass is 314 g/mol. The molecule has 0 unspecified atom stereocenters. The summed E-state index contributed by atoms with van der Waals surface area (Å²) < 4.78 is 24.5. The molecule has 2 rings (SSSR count). The van der Waals surface area contributed by atoms with E-state index in [9.17, 15) is 8.42 Å². The molecule has 0 radical (unpaired) electrons. The van der Waals surface area contributed by atoms with Gasteiger partial charge >= 0.3 is 0 Å². The molecule has 4 nitrogen and oxygen atoms in total. The number of hydrogen-bond acceptors (Lipinski definition) is 4. The fraction of sp³-hybridized carbons (Fsp3) is 0.571. The van der Waals surface area contributed by atoms with E-state index in [-0.39, 0.29) is 0 Å². The molecule has 1 atom stereocenters. The molecule has 0 saturated carbocycles. The minimum Gasteiger partial charge on any atom is -0.302 e. The molecule has 1 heterocycles. The number of sulfonamides is 1. The van der Waals surface area contributed by atoms with Crippen molar-refractivity contribution in [3.05, 3.63) is 30.3 Å². The van der Waals surface area contributed by atoms with Gasteiger partial charge in [-0.2, -0.15) is 0 Å². The van der Waals surface area contributed by atoms with E-state index < -0.39 is 10.0 Å². The first kappa shape index (κ1) is 15.8. The molecule has 112 valence electrons. The first-order chi connectivity index (χ1) is 9.53. The Labute approximate surface area is 126 Å². The Balaban J connectivity index is 1.65. The zero-order valence-corrected chi connectivity index (χ0v) is 13.4. The third-order valence-electron chi connectivity index (χ3n) is 3.39. The zero-order chi connectivity index (χ0) is 14.4. The van der Waals surface area contributed by atoms with Crippen LogP contribution in [-0.4, -0.2) is 51.5 Å². The van der Waals surface area contributed by atoms with Crippen LogP contribution in [0.4, 0.5) is 0 Å². The van der Waals surface area contributed by atoms with Crippen LogP contribution >= 0.6 is 11.8 Å². The van der Waals surface area contributed by atoms with Crippen LogP contribution < -0.4 is 4.72 Å². The van der Waals surface area contributed by atoms with Crippen LogP contribution in [0.15, 0.2) is 35.2 Å². The lowest BCUT2D eigenvalue weighted by molar-refractivity contribution is 0.334. The standard InChI is InChI=1S/C14H22N2O2S2/c1-20(17,18)15-8-10-16-9-7-13(11-16)12-19-14-5-3-2-4-6-14/h2-6,13,15H,7-12H2,1H3/t13-/m0/s1. The molecule has 0 amide bonds. The van der Waals surface area contributed by atoms with Crippen molar-refractivity contribution >= 4 is 21.8 Å². The molecule has 1 N–H and O–H groups in total. The van der Waals surface area contributed by atoms with E-state index in [2.05, 4.69) is 33.9 Å². The lowest BCUT2D eigenvalue weighted by Crippen LogP contribution is -2.33. The van der Waals surface area contributed by atoms with Crippen LogP contribution in [0.2, 0.25) is 0 Å². The molecular weight excluding hydrogens is 292 g/mol. The molecule has 0 aliphatic carbocycles. The number of rotatable bonds is 7. The number of hydrogen-bond donors (Lipinski definition) is 1. The fourth-order valence-electron chi connectivity index (χ4n) is 2.37. The Morgan fingerprint density at radius 2 is 2.10 bits per heavy atom. The van der Waals surface area contributed by atoms with Crippen molar-refractivity contribution in [3.8, 4) is 0 Å². The number of nitrogens with zero attached hydrogens (tertiary/aromatic N) is 1. The van der Waals surface area contributed by atoms with Crippen molar-refractivity contribution in [2.75, 3.05) is 38.2 Å². The predicted octanol–water partition coefficient (Wildman–Crippen LogP) is 1.65. The van der Waals surface area contributed by atoms with E-state index in [1.54, 1.807) is 0 Å². The van der Waals surface area contributed by atoms with Gasteiger partial charge in [0.25, 0.3) is 0 Å². The van der Waals surface area contributed by atoms with Crippen LogP contribution in [0.25, 0.3) is 0 Å². The molecule has 0 aromatic heterocycles. The SMILES string of the molecule is CS(=O)(=O)NCCN1CC[C@H](CSc2ccccc2)C1. The quantitative estimate of drug-likeness (QED) is 0.778. The van der Waals surface area contributed by atoms with Crippen LogP contribution in [0.3, 0.4) is 0 Å². The molecule has 20 heavy (non-hydrogen) atoms. The molecule has 1 aromatic rings. The summed E-state index contributed by atoms with van der Waals surface area (Å²) in [5.74, 6) is 1.85. The number of likely N-dealkylation sites (tertiary alicyclic amines) is 1. The lowest BCUT2D eigenvalue weighted by atomic mass is 10.2. The minimum absolute atomic E-state index is 0.511. The first-order valence-electron chi connectivity index (χ1n) is 6.88. The molecule has 6 heteroatoms. The van der Waals surface area contributed by atoms with Crippen LogP contribution in [0, 0.1) is 5.92 Å². The van der Waals surface area contributed by atoms with Crippen molar-refractivity contribution < 1.29 is 8.42 Å². The number of benzene rings is 1. The minimum atomic E-state index is -3.06. The topological polar surface area (TPSA) is 49.4 Å². The average molecular weight is 314 g/mol. The third-order valence-corrected chi connectivity index (χ3v) is 5.36. The van der Waals surface area contributed by atoms with Gasteiger partial charge in [-0.1, -0.05) is 18.2 Å². The highest BCUT2D eigenvalue weighted by atomic mass is 32.2. The highest BCUT2D eigenvalue weighted by molar-refractivity contribution is 7.99. The molecular formula is C14H22N2O2S2. The lowest BCUT2D eigenvalue weighted by Gasteiger charge is -2.15. The summed E-state index contributed by atoms with van der Waals surface area (Å²) in [5, 5.41) is 0. The Morgan fingerprint density at radius 1 is 1.35 bits per heavy atom. The highest BCUT2D eigenvalue weighted by Gasteiger charge is 2.22. The van der Waals surface area contributed by atoms with Crippen molar-refractivity contribution in [2.24, 2.45) is 5.92 Å². The second-order valence-electron chi connectivity index (χ2n) is 5.25. The Bertz CT molecular complexity index is 505. The van der Waals surface area contributed by atoms with Crippen LogP contribution in [-0.2, 0) is 10.0 Å². The van der Waals surface area contributed by atoms with Gasteiger partial charge in [0.1, 0.15) is 0 Å². The molecule has 0 spiro atoms. The number of thioether (sulfide) groups is 1. The summed E-state index contributed by atoms with van der Waals surface area (Å²) in [5.41, 5.74) is 0. The van der Waals surface area contributed by atoms with Gasteiger partial charge in [0.15, 0.2) is 0 Å². The highest BCUT2D eigenvalue weighted by Crippen LogP contribution is 2.25. The molecule has 1 aromatic carbocycles. The fourth-order valence-corrected chi connectivity index (χ4v) is 3.88. The summed E-state index contributed by atoms with van der Waals surface area (Å²) in [6.45, 7) is 3.47. The van der Waals surface area contributed by atoms with E-state index >= 15 is 0 Å². The summed E-state index contributed by atoms with van der Waals surface area (Å²) in [6.07, 6.45) is 2.41. The summed E-state index contributed by atoms with van der Waals surface area (Å²) >= 11 is 1.91. The number of nitrogens with one attached hydrogen (secondary N) is 1. The van der Waals surface area contributed by atoms with Gasteiger partial charge in [-0.05, 0) is 31.0 Å². The van der Waals surface area contributed by atoms with Crippen LogP contribution in [0.5, 0.6) is 0 Å². The third kappa shape index (κ3) is 5.83. The first-order valence-corrected chi connectivity index (χ1v) is 9.75. The largest absolute Gasteiger partial charge is 0.302 e. The summed E-state index contributed by atoms with van der Waals surface area (Å²) in [7, 11) is -3.06. The van der Waals surface area contributed by atoms with Gasteiger partial charge in [0.05, 0.1) is 6.26 Å². The maximum absolute atomic E-state index is 11.0. The summed E-state index contributed by atoms with van der Waals surface area (Å²) in [6, 6.07) is 10.5. The van der Waals surface area contributed by atoms with Gasteiger partial charge < -0.3 is 4.90 Å². The van der Waals surface area contributed by atoms with E-state index in [0.29, 0.717) is 12.5 Å². The van der Waals surface area contributed by atoms with Crippen molar-refractivity contribution in [1.82, 2.24) is 9.62 Å². The van der Waals surface area contributed by atoms with Crippen LogP contribution in [0.1, 0.15) is 6.42 Å². The second-order valence-corrected chi connectivity index (χ2v) is 8.17. The second kappa shape index (κ2) is 7.45. The van der Waals surface area contributed by atoms with Gasteiger partial charge in [-0.15, -0.1) is 11.8 Å². The summed E-state index contributed by atoms with van der Waals surface area (Å²) in [4.78, 5) is 3.67. The van der Waals surface area contributed by atoms with E-state index in [1.165, 1.54) is 17.6 Å². The zero-order valence-electron chi connectivity index (χ0n) is 11.8. The van der Waals surface area contributed by atoms with Gasteiger partial charge in [0.2, 0.25) is 10.0 Å². The van der Waals surface area contributed by atoms with Gasteiger partial charge in [-0.3, -0.25) is 0 Å². The Kier molecular flexibility index (Phi) is 5.89. The molecule has 1 saturated heterocycles. The molecule has 0 bridgehead atoms. The smallest absolute Gasteiger partial charge is 0.208 e. The van der Waals surface area contributed by atoms with E-state index in [0.717, 1.165) is 25.4 Å². The Morgan fingerprint density at radius 3 is 2.80 bits per heavy atom. The van der Waals surface area contributed by atoms with Crippen molar-refractivity contribution in [2.45, 2.75) is 11.3 Å². The van der Waals surface area contributed by atoms with Gasteiger partial charge in [0, 0.05) is 30.3 Å². The normalized spacial score (nSPS) is 20.4. The molecule has 1 aliphatic rings. The van der Waals surface area contributed by atoms with E-state index in [1.807, 2.05) is 17.8 Å². The van der Waals surface area contributed by atoms with Gasteiger partial charge in [-0.25, -0.2) is 13.1 Å². The van der Waals surface area contributed by atoms with Crippen molar-refractivity contribution in [1.29, 1.82) is 0 Å². The average Bonchev–Trinajstić information content (AvgIpc) is 2.84. The maximum atomic E-state index is 11.0. The molecule has 1 fully saturated rings. The maximum Gasteiger partial charge on any atom is 0.208 e. The Hall–Kier alpha value is -0.560. The van der Waals surface area contributed by atoms with Crippen molar-refractivity contribution in [3.63, 3.8) is 0 Å². The van der Waals surface area contributed by atoms with E-state index in [4.69, 9.17) is 0 Å². The molecule has 1 aliphatic heterocycles. The predicted molar refractivity (Wildman–Crippen MR) is 84.6 cm³/mol.